The van der Waals surface area contributed by atoms with Gasteiger partial charge in [0.05, 0.1) is 18.6 Å². The van der Waals surface area contributed by atoms with E-state index in [9.17, 15) is 14.4 Å². The Labute approximate surface area is 250 Å². The molecule has 2 heterocycles. The summed E-state index contributed by atoms with van der Waals surface area (Å²) >= 11 is 3.52. The van der Waals surface area contributed by atoms with Crippen LogP contribution in [0.3, 0.4) is 0 Å². The summed E-state index contributed by atoms with van der Waals surface area (Å²) in [7, 11) is 1.34. The Hall–Kier alpha value is -1.95. The fourth-order valence-electron chi connectivity index (χ4n) is 4.57. The van der Waals surface area contributed by atoms with Crippen LogP contribution >= 0.6 is 23.5 Å². The Kier molecular flexibility index (Phi) is 14.5. The highest BCUT2D eigenvalue weighted by molar-refractivity contribution is 7.99. The van der Waals surface area contributed by atoms with Crippen LogP contribution in [0.2, 0.25) is 0 Å². The molecule has 2 aromatic rings. The van der Waals surface area contributed by atoms with Crippen LogP contribution in [0.1, 0.15) is 41.1 Å². The molecule has 0 aliphatic carbocycles. The number of nitrogens with one attached hydrogen (secondary N) is 2. The van der Waals surface area contributed by atoms with Crippen LogP contribution < -0.4 is 46.1 Å². The lowest BCUT2D eigenvalue weighted by atomic mass is 10.1. The maximum Gasteiger partial charge on any atom is 0.328 e. The summed E-state index contributed by atoms with van der Waals surface area (Å²) in [6, 6.07) is 19.3. The minimum atomic E-state index is -0.687. The molecule has 2 aliphatic heterocycles. The molecule has 2 saturated heterocycles. The Morgan fingerprint density at radius 3 is 1.87 bits per heavy atom. The first-order chi connectivity index (χ1) is 18.0. The summed E-state index contributed by atoms with van der Waals surface area (Å²) in [6.45, 7) is 0.539. The fourth-order valence-corrected chi connectivity index (χ4v) is 7.23. The number of unbranched alkanes of at least 4 members (excludes halogenated alkanes) is 1. The average Bonchev–Trinajstić information content (AvgIpc) is 3.64. The highest BCUT2D eigenvalue weighted by atomic mass is 35.5. The molecule has 2 aromatic carbocycles. The lowest BCUT2D eigenvalue weighted by Gasteiger charge is -2.18. The van der Waals surface area contributed by atoms with Crippen LogP contribution in [0.25, 0.3) is 0 Å². The largest absolute Gasteiger partial charge is 1.00 e. The van der Waals surface area contributed by atoms with Gasteiger partial charge in [-0.3, -0.25) is 9.59 Å². The standard InChI is InChI=1S/C27H34N4O4S2.2ClH/c1-35-27(34)20(29-24(33)22-17-37-26(31-22)19-12-6-3-7-13-19)14-8-9-15-28-23(32)21-16-36-25(30-21)18-10-4-2-5-11-18;;/h2-7,10-13,20-22,25-26,30-31H,8-9,14-17H2,1H3,(H,28,32)(H,29,33);2*1H. The highest BCUT2D eigenvalue weighted by Gasteiger charge is 2.37. The molecule has 2 amide bonds. The second-order valence-electron chi connectivity index (χ2n) is 9.30. The summed E-state index contributed by atoms with van der Waals surface area (Å²) < 4.78 is 4.93. The summed E-state index contributed by atoms with van der Waals surface area (Å²) in [5, 5.41) is 10.5. The molecular weight excluding hydrogens is 579 g/mol. The lowest BCUT2D eigenvalue weighted by molar-refractivity contribution is -0.684. The van der Waals surface area contributed by atoms with Crippen molar-refractivity contribution in [1.29, 1.82) is 0 Å². The molecule has 2 fully saturated rings. The number of thioether (sulfide) groups is 2. The van der Waals surface area contributed by atoms with Gasteiger partial charge in [0, 0.05) is 17.7 Å². The van der Waals surface area contributed by atoms with Gasteiger partial charge in [-0.1, -0.05) is 84.2 Å². The predicted molar refractivity (Wildman–Crippen MR) is 146 cm³/mol. The highest BCUT2D eigenvalue weighted by Crippen LogP contribution is 2.27. The van der Waals surface area contributed by atoms with E-state index >= 15 is 0 Å². The lowest BCUT2D eigenvalue weighted by Crippen LogP contribution is -3.00. The van der Waals surface area contributed by atoms with Crippen molar-refractivity contribution in [3.8, 4) is 0 Å². The molecule has 6 N–H and O–H groups in total. The van der Waals surface area contributed by atoms with E-state index in [1.807, 2.05) is 36.4 Å². The van der Waals surface area contributed by atoms with Crippen LogP contribution in [-0.2, 0) is 19.1 Å². The number of ether oxygens (including phenoxy) is 1. The summed E-state index contributed by atoms with van der Waals surface area (Å²) in [4.78, 5) is 37.8. The van der Waals surface area contributed by atoms with E-state index in [0.29, 0.717) is 25.1 Å². The molecule has 4 rings (SSSR count). The number of carbonyl (C=O) groups is 3. The quantitative estimate of drug-likeness (QED) is 0.148. The van der Waals surface area contributed by atoms with Crippen molar-refractivity contribution in [3.05, 3.63) is 71.8 Å². The minimum Gasteiger partial charge on any atom is -1.00 e. The van der Waals surface area contributed by atoms with E-state index in [2.05, 4.69) is 45.5 Å². The minimum absolute atomic E-state index is 0. The van der Waals surface area contributed by atoms with Gasteiger partial charge in [-0.05, 0) is 19.3 Å². The van der Waals surface area contributed by atoms with E-state index in [0.717, 1.165) is 12.2 Å². The Morgan fingerprint density at radius 2 is 1.36 bits per heavy atom. The number of quaternary nitrogens is 2. The SMILES string of the molecule is COC(=O)C(CCCCNC(=O)C1CSC(c2ccccc2)[NH2+]1)NC(=O)C1CSC(c2ccccc2)[NH2+]1.[Cl-].[Cl-]. The monoisotopic (exact) mass is 614 g/mol. The third-order valence-electron chi connectivity index (χ3n) is 6.68. The molecule has 5 atom stereocenters. The Morgan fingerprint density at radius 1 is 0.846 bits per heavy atom. The zero-order chi connectivity index (χ0) is 26.0. The van der Waals surface area contributed by atoms with Crippen LogP contribution in [0, 0.1) is 0 Å². The fraction of sp³-hybridized carbons (Fsp3) is 0.444. The van der Waals surface area contributed by atoms with E-state index in [-0.39, 0.29) is 59.5 Å². The van der Waals surface area contributed by atoms with Gasteiger partial charge < -0.3 is 50.8 Å². The van der Waals surface area contributed by atoms with Crippen molar-refractivity contribution in [2.24, 2.45) is 0 Å². The van der Waals surface area contributed by atoms with Crippen LogP contribution in [0.5, 0.6) is 0 Å². The van der Waals surface area contributed by atoms with Crippen LogP contribution in [-0.4, -0.2) is 61.1 Å². The Bertz CT molecular complexity index is 1050. The summed E-state index contributed by atoms with van der Waals surface area (Å²) in [6.07, 6.45) is 1.88. The van der Waals surface area contributed by atoms with Gasteiger partial charge in [0.25, 0.3) is 11.8 Å². The number of amides is 2. The van der Waals surface area contributed by atoms with Gasteiger partial charge in [0.2, 0.25) is 0 Å². The van der Waals surface area contributed by atoms with Gasteiger partial charge in [-0.15, -0.1) is 0 Å². The molecule has 0 aromatic heterocycles. The maximum atomic E-state index is 12.9. The number of hydrogen-bond donors (Lipinski definition) is 4. The number of rotatable bonds is 11. The van der Waals surface area contributed by atoms with Crippen LogP contribution in [0.15, 0.2) is 60.7 Å². The molecule has 5 unspecified atom stereocenters. The first kappa shape index (κ1) is 33.3. The number of hydrogen-bond acceptors (Lipinski definition) is 6. The molecule has 0 radical (unpaired) electrons. The predicted octanol–water partition coefficient (Wildman–Crippen LogP) is -5.31. The van der Waals surface area contributed by atoms with Crippen molar-refractivity contribution in [1.82, 2.24) is 10.6 Å². The number of benzene rings is 2. The molecular formula is C27H36Cl2N4O4S2. The van der Waals surface area contributed by atoms with E-state index in [1.165, 1.54) is 18.2 Å². The van der Waals surface area contributed by atoms with Crippen LogP contribution in [0.4, 0.5) is 0 Å². The Balaban J connectivity index is 0.00000267. The van der Waals surface area contributed by atoms with Gasteiger partial charge in [0.1, 0.15) is 6.04 Å². The van der Waals surface area contributed by atoms with Crippen molar-refractivity contribution >= 4 is 41.3 Å². The molecule has 214 valence electrons. The van der Waals surface area contributed by atoms with Crippen molar-refractivity contribution < 1.29 is 54.6 Å². The average molecular weight is 616 g/mol. The van der Waals surface area contributed by atoms with Crippen molar-refractivity contribution in [2.75, 3.05) is 25.2 Å². The van der Waals surface area contributed by atoms with E-state index in [4.69, 9.17) is 4.74 Å². The molecule has 8 nitrogen and oxygen atoms in total. The topological polar surface area (TPSA) is 118 Å². The zero-order valence-corrected chi connectivity index (χ0v) is 24.9. The smallest absolute Gasteiger partial charge is 0.328 e. The van der Waals surface area contributed by atoms with E-state index < -0.39 is 12.0 Å². The number of carbonyl (C=O) groups excluding carboxylic acids is 3. The molecule has 39 heavy (non-hydrogen) atoms. The molecule has 0 spiro atoms. The molecule has 12 heteroatoms. The van der Waals surface area contributed by atoms with Gasteiger partial charge in [0.15, 0.2) is 22.8 Å². The number of halogens is 2. The van der Waals surface area contributed by atoms with E-state index in [1.54, 1.807) is 23.5 Å². The van der Waals surface area contributed by atoms with Gasteiger partial charge >= 0.3 is 5.97 Å². The second kappa shape index (κ2) is 17.0. The zero-order valence-electron chi connectivity index (χ0n) is 21.8. The van der Waals surface area contributed by atoms with Crippen molar-refractivity contribution in [3.63, 3.8) is 0 Å². The third-order valence-corrected chi connectivity index (χ3v) is 9.36. The van der Waals surface area contributed by atoms with Gasteiger partial charge in [-0.2, -0.15) is 0 Å². The summed E-state index contributed by atoms with van der Waals surface area (Å²) in [5.74, 6) is 0.936. The molecule has 2 aliphatic rings. The second-order valence-corrected chi connectivity index (χ2v) is 11.6. The first-order valence-electron chi connectivity index (χ1n) is 12.7. The number of nitrogens with two attached hydrogens (primary N) is 2. The first-order valence-corrected chi connectivity index (χ1v) is 14.8. The molecule has 0 bridgehead atoms. The summed E-state index contributed by atoms with van der Waals surface area (Å²) in [5.41, 5.74) is 2.40. The normalized spacial score (nSPS) is 22.6. The maximum absolute atomic E-state index is 12.9. The molecule has 0 saturated carbocycles. The third kappa shape index (κ3) is 9.58. The number of methoxy groups -OCH3 is 1. The van der Waals surface area contributed by atoms with Gasteiger partial charge in [-0.25, -0.2) is 4.79 Å². The number of esters is 1. The van der Waals surface area contributed by atoms with Crippen molar-refractivity contribution in [2.45, 2.75) is 48.1 Å².